The molecule has 0 aromatic carbocycles. The highest BCUT2D eigenvalue weighted by atomic mass is 127. The number of nitrogens with zero attached hydrogens (tertiary/aromatic N) is 5. The van der Waals surface area contributed by atoms with Crippen molar-refractivity contribution in [3.05, 3.63) is 37.4 Å². The molecule has 4 aliphatic rings. The number of ether oxygens (including phenoxy) is 4. The van der Waals surface area contributed by atoms with Crippen LogP contribution in [0.4, 0.5) is 31.4 Å². The number of anilines is 3. The SMILES string of the molecule is CC(C)(C)OC(=O)N[C@@]1(C)CCN(c2cc(I)cc(N3CCOCC3)n2)C1.CC(C)(C)OC(=O)N[C@@]1(C)CCNC1.Fc1cc(I)cc(N2CCOCC2)n1. The van der Waals surface area contributed by atoms with Gasteiger partial charge in [-0.1, -0.05) is 0 Å². The average Bonchev–Trinajstić information content (AvgIpc) is 3.68. The number of aromatic nitrogens is 2. The van der Waals surface area contributed by atoms with Gasteiger partial charge in [0.05, 0.1) is 37.5 Å². The summed E-state index contributed by atoms with van der Waals surface area (Å²) in [6.07, 6.45) is 1.11. The van der Waals surface area contributed by atoms with Gasteiger partial charge in [-0.25, -0.2) is 19.6 Å². The lowest BCUT2D eigenvalue weighted by molar-refractivity contribution is 0.0460. The van der Waals surface area contributed by atoms with Crippen LogP contribution in [-0.2, 0) is 18.9 Å². The minimum atomic E-state index is -0.497. The van der Waals surface area contributed by atoms with Gasteiger partial charge in [0.1, 0.15) is 28.7 Å². The quantitative estimate of drug-likeness (QED) is 0.241. The number of amides is 2. The first kappa shape index (κ1) is 45.2. The molecule has 55 heavy (non-hydrogen) atoms. The zero-order valence-corrected chi connectivity index (χ0v) is 37.8. The molecule has 0 saturated carbocycles. The normalized spacial score (nSPS) is 22.9. The Kier molecular flexibility index (Phi) is 16.3. The Morgan fingerprint density at radius 1 is 0.727 bits per heavy atom. The first-order valence-corrected chi connectivity index (χ1v) is 21.0. The topological polar surface area (TPSA) is 143 Å². The molecule has 0 bridgehead atoms. The fraction of sp³-hybridized carbons (Fsp3) is 0.684. The van der Waals surface area contributed by atoms with Crippen molar-refractivity contribution in [2.75, 3.05) is 93.5 Å². The van der Waals surface area contributed by atoms with Crippen LogP contribution in [0, 0.1) is 13.1 Å². The van der Waals surface area contributed by atoms with E-state index in [-0.39, 0.29) is 23.3 Å². The van der Waals surface area contributed by atoms with E-state index in [9.17, 15) is 14.0 Å². The van der Waals surface area contributed by atoms with Crippen molar-refractivity contribution < 1.29 is 32.9 Å². The van der Waals surface area contributed by atoms with Gasteiger partial charge in [-0.05, 0) is 138 Å². The molecule has 308 valence electrons. The summed E-state index contributed by atoms with van der Waals surface area (Å²) in [6.45, 7) is 24.8. The van der Waals surface area contributed by atoms with Gasteiger partial charge in [0.15, 0.2) is 0 Å². The largest absolute Gasteiger partial charge is 0.444 e. The summed E-state index contributed by atoms with van der Waals surface area (Å²) in [5, 5.41) is 9.14. The number of alkyl carbamates (subject to hydrolysis) is 2. The number of rotatable bonds is 5. The van der Waals surface area contributed by atoms with Crippen molar-refractivity contribution in [3.63, 3.8) is 0 Å². The Morgan fingerprint density at radius 3 is 1.64 bits per heavy atom. The first-order chi connectivity index (χ1) is 25.7. The summed E-state index contributed by atoms with van der Waals surface area (Å²) in [5.41, 5.74) is -1.40. The van der Waals surface area contributed by atoms with Gasteiger partial charge in [-0.3, -0.25) is 0 Å². The van der Waals surface area contributed by atoms with Crippen LogP contribution in [0.1, 0.15) is 68.2 Å². The molecule has 4 fully saturated rings. The van der Waals surface area contributed by atoms with Crippen LogP contribution in [0.5, 0.6) is 0 Å². The third-order valence-corrected chi connectivity index (χ3v) is 10.2. The molecule has 14 nitrogen and oxygen atoms in total. The van der Waals surface area contributed by atoms with Crippen molar-refractivity contribution in [2.45, 2.75) is 90.5 Å². The van der Waals surface area contributed by atoms with Gasteiger partial charge in [-0.15, -0.1) is 0 Å². The molecule has 0 aliphatic carbocycles. The molecule has 3 N–H and O–H groups in total. The van der Waals surface area contributed by atoms with Crippen molar-refractivity contribution in [1.29, 1.82) is 0 Å². The summed E-state index contributed by atoms with van der Waals surface area (Å²) < 4.78 is 36.3. The molecule has 0 spiro atoms. The number of carbonyl (C=O) groups excluding carboxylic acids is 2. The third kappa shape index (κ3) is 15.8. The van der Waals surface area contributed by atoms with Gasteiger partial charge in [-0.2, -0.15) is 4.39 Å². The highest BCUT2D eigenvalue weighted by Crippen LogP contribution is 2.29. The van der Waals surface area contributed by atoms with Crippen molar-refractivity contribution in [1.82, 2.24) is 25.9 Å². The van der Waals surface area contributed by atoms with Gasteiger partial charge < -0.3 is 49.6 Å². The highest BCUT2D eigenvalue weighted by Gasteiger charge is 2.37. The summed E-state index contributed by atoms with van der Waals surface area (Å²) in [6, 6.07) is 7.52. The zero-order chi connectivity index (χ0) is 40.4. The molecule has 6 rings (SSSR count). The third-order valence-electron chi connectivity index (χ3n) is 8.95. The molecule has 2 atom stereocenters. The summed E-state index contributed by atoms with van der Waals surface area (Å²) in [5.74, 6) is 2.24. The van der Waals surface area contributed by atoms with Crippen LogP contribution in [-0.4, -0.2) is 123 Å². The number of halogens is 3. The van der Waals surface area contributed by atoms with Crippen molar-refractivity contribution in [3.8, 4) is 0 Å². The van der Waals surface area contributed by atoms with Gasteiger partial charge in [0.25, 0.3) is 0 Å². The molecule has 2 amide bonds. The molecule has 0 unspecified atom stereocenters. The number of nitrogens with one attached hydrogen (secondary N) is 3. The number of morpholine rings is 2. The minimum Gasteiger partial charge on any atom is -0.444 e. The Hall–Kier alpha value is -2.49. The second-order valence-corrected chi connectivity index (χ2v) is 19.1. The second-order valence-electron chi connectivity index (χ2n) is 16.6. The van der Waals surface area contributed by atoms with Gasteiger partial charge in [0.2, 0.25) is 5.95 Å². The Morgan fingerprint density at radius 2 is 1.18 bits per heavy atom. The predicted molar refractivity (Wildman–Crippen MR) is 230 cm³/mol. The Labute approximate surface area is 353 Å². The van der Waals surface area contributed by atoms with E-state index in [2.05, 4.69) is 95.0 Å². The van der Waals surface area contributed by atoms with Crippen molar-refractivity contribution in [2.24, 2.45) is 0 Å². The highest BCUT2D eigenvalue weighted by molar-refractivity contribution is 14.1. The number of carbonyl (C=O) groups is 2. The van der Waals surface area contributed by atoms with E-state index in [0.29, 0.717) is 25.6 Å². The summed E-state index contributed by atoms with van der Waals surface area (Å²) >= 11 is 4.43. The smallest absolute Gasteiger partial charge is 0.408 e. The molecule has 4 saturated heterocycles. The number of hydrogen-bond donors (Lipinski definition) is 3. The van der Waals surface area contributed by atoms with E-state index in [4.69, 9.17) is 23.9 Å². The van der Waals surface area contributed by atoms with Crippen LogP contribution in [0.2, 0.25) is 0 Å². The van der Waals surface area contributed by atoms with Gasteiger partial charge in [0, 0.05) is 59.0 Å². The number of hydrogen-bond acceptors (Lipinski definition) is 12. The van der Waals surface area contributed by atoms with Crippen LogP contribution < -0.4 is 30.7 Å². The first-order valence-electron chi connectivity index (χ1n) is 18.8. The summed E-state index contributed by atoms with van der Waals surface area (Å²) in [4.78, 5) is 38.9. The van der Waals surface area contributed by atoms with E-state index in [1.165, 1.54) is 6.07 Å². The monoisotopic (exact) mass is 996 g/mol. The van der Waals surface area contributed by atoms with E-state index in [0.717, 1.165) is 90.6 Å². The zero-order valence-electron chi connectivity index (χ0n) is 33.5. The molecule has 17 heteroatoms. The van der Waals surface area contributed by atoms with E-state index in [1.807, 2.05) is 59.4 Å². The lowest BCUT2D eigenvalue weighted by Crippen LogP contribution is -2.49. The van der Waals surface area contributed by atoms with E-state index in [1.54, 1.807) is 0 Å². The average molecular weight is 997 g/mol. The van der Waals surface area contributed by atoms with Crippen LogP contribution >= 0.6 is 45.2 Å². The van der Waals surface area contributed by atoms with Crippen LogP contribution in [0.3, 0.4) is 0 Å². The molecule has 2 aromatic heterocycles. The lowest BCUT2D eigenvalue weighted by Gasteiger charge is -2.30. The molecular weight excluding hydrogens is 937 g/mol. The maximum Gasteiger partial charge on any atom is 0.408 e. The molecule has 4 aliphatic heterocycles. The maximum absolute atomic E-state index is 13.0. The maximum atomic E-state index is 13.0. The van der Waals surface area contributed by atoms with Crippen LogP contribution in [0.15, 0.2) is 24.3 Å². The fourth-order valence-corrected chi connectivity index (χ4v) is 7.37. The molecule has 2 aromatic rings. The molecular formula is C38H59FI2N8O6. The summed E-state index contributed by atoms with van der Waals surface area (Å²) in [7, 11) is 0. The van der Waals surface area contributed by atoms with E-state index < -0.39 is 17.1 Å². The standard InChI is InChI=1S/C19H29IN4O3.C10H20N2O2.C9H10FIN2O/c1-18(2,3)27-17(25)22-19(4)5-6-24(13-19)16-12-14(20)11-15(21-16)23-7-9-26-10-8-23;1-9(2,3)14-8(13)12-10(4)5-6-11-7-10;10-8-5-7(11)6-9(12-8)13-1-3-14-4-2-13/h11-12H,5-10,13H2,1-4H3,(H,22,25);11H,5-7H2,1-4H3,(H,12,13);5-6H,1-4H2/t19-;10-;/m00./s1. The molecule has 0 radical (unpaired) electrons. The van der Waals surface area contributed by atoms with Crippen LogP contribution in [0.25, 0.3) is 0 Å². The fourth-order valence-electron chi connectivity index (χ4n) is 6.28. The van der Waals surface area contributed by atoms with Gasteiger partial charge >= 0.3 is 12.2 Å². The Balaban J connectivity index is 0.000000202. The van der Waals surface area contributed by atoms with E-state index >= 15 is 0 Å². The predicted octanol–water partition coefficient (Wildman–Crippen LogP) is 5.94. The van der Waals surface area contributed by atoms with Crippen molar-refractivity contribution >= 4 is 74.8 Å². The number of pyridine rings is 2. The molecule has 6 heterocycles. The Bertz CT molecular complexity index is 1560. The minimum absolute atomic E-state index is 0.150. The lowest BCUT2D eigenvalue weighted by atomic mass is 10.0. The second kappa shape index (κ2) is 19.8.